The number of rotatable bonds is 5. The average Bonchev–Trinajstić information content (AvgIpc) is 2.63. The maximum Gasteiger partial charge on any atom is 0.104 e. The summed E-state index contributed by atoms with van der Waals surface area (Å²) in [5.74, 6) is 0. The van der Waals surface area contributed by atoms with E-state index >= 15 is 0 Å². The molecule has 0 aromatic rings. The van der Waals surface area contributed by atoms with E-state index < -0.39 is 0 Å². The first-order valence-electron chi connectivity index (χ1n) is 4.41. The van der Waals surface area contributed by atoms with Gasteiger partial charge in [-0.25, -0.2) is 0 Å². The summed E-state index contributed by atoms with van der Waals surface area (Å²) in [7, 11) is 1.12. The van der Waals surface area contributed by atoms with Gasteiger partial charge >= 0.3 is 0 Å². The molecule has 11 heavy (non-hydrogen) atoms. The van der Waals surface area contributed by atoms with Crippen LogP contribution < -0.4 is 0 Å². The molecule has 3 unspecified atom stereocenters. The highest BCUT2D eigenvalue weighted by molar-refractivity contribution is 7.02. The summed E-state index contributed by atoms with van der Waals surface area (Å²) in [5.41, 5.74) is 0. The maximum absolute atomic E-state index is 5.61. The van der Waals surface area contributed by atoms with Crippen molar-refractivity contribution in [1.82, 2.24) is 0 Å². The van der Waals surface area contributed by atoms with Crippen LogP contribution in [-0.2, 0) is 9.47 Å². The van der Waals surface area contributed by atoms with Gasteiger partial charge in [0.15, 0.2) is 0 Å². The monoisotopic (exact) mass is 190 g/mol. The molecule has 0 aromatic heterocycles. The van der Waals surface area contributed by atoms with E-state index in [0.29, 0.717) is 12.2 Å². The quantitative estimate of drug-likeness (QED) is 0.431. The third-order valence-corrected chi connectivity index (χ3v) is 4.79. The SMILES string of the molecule is CC(C[SiH](C)[SiH3])OCC1CO1. The van der Waals surface area contributed by atoms with E-state index in [1.807, 2.05) is 0 Å². The summed E-state index contributed by atoms with van der Waals surface area (Å²) >= 11 is 0. The van der Waals surface area contributed by atoms with E-state index in [0.717, 1.165) is 13.2 Å². The van der Waals surface area contributed by atoms with Gasteiger partial charge in [0.05, 0.1) is 19.3 Å². The molecule has 2 nitrogen and oxygen atoms in total. The van der Waals surface area contributed by atoms with E-state index in [9.17, 15) is 0 Å². The Hall–Kier alpha value is 0.354. The van der Waals surface area contributed by atoms with Crippen molar-refractivity contribution in [2.75, 3.05) is 13.2 Å². The molecule has 1 aliphatic rings. The lowest BCUT2D eigenvalue weighted by atomic mass is 10.4. The van der Waals surface area contributed by atoms with E-state index in [1.165, 1.54) is 15.8 Å². The molecule has 0 spiro atoms. The van der Waals surface area contributed by atoms with Crippen molar-refractivity contribution in [2.45, 2.75) is 31.7 Å². The van der Waals surface area contributed by atoms with Crippen LogP contribution >= 0.6 is 0 Å². The largest absolute Gasteiger partial charge is 0.376 e. The van der Waals surface area contributed by atoms with Crippen LogP contribution in [-0.4, -0.2) is 43.5 Å². The number of hydrogen-bond donors (Lipinski definition) is 0. The normalized spacial score (nSPS) is 28.4. The maximum atomic E-state index is 5.61. The zero-order valence-electron chi connectivity index (χ0n) is 7.67. The molecule has 4 heteroatoms. The molecule has 3 atom stereocenters. The average molecular weight is 190 g/mol. The van der Waals surface area contributed by atoms with Gasteiger partial charge in [0.2, 0.25) is 0 Å². The molecule has 66 valence electrons. The number of ether oxygens (including phenoxy) is 2. The van der Waals surface area contributed by atoms with Crippen LogP contribution in [0.5, 0.6) is 0 Å². The van der Waals surface area contributed by atoms with Crippen LogP contribution in [0, 0.1) is 0 Å². The summed E-state index contributed by atoms with van der Waals surface area (Å²) < 4.78 is 10.7. The van der Waals surface area contributed by atoms with Crippen molar-refractivity contribution in [3.05, 3.63) is 0 Å². The van der Waals surface area contributed by atoms with Crippen LogP contribution in [0.25, 0.3) is 0 Å². The van der Waals surface area contributed by atoms with Gasteiger partial charge in [0.25, 0.3) is 0 Å². The van der Waals surface area contributed by atoms with E-state index in [4.69, 9.17) is 9.47 Å². The Balaban J connectivity index is 1.95. The molecular weight excluding hydrogens is 172 g/mol. The van der Waals surface area contributed by atoms with Gasteiger partial charge in [-0.3, -0.25) is 0 Å². The summed E-state index contributed by atoms with van der Waals surface area (Å²) in [5, 5.41) is 0. The highest BCUT2D eigenvalue weighted by Gasteiger charge is 2.23. The Bertz CT molecular complexity index is 115. The summed E-state index contributed by atoms with van der Waals surface area (Å²) in [6.45, 7) is 6.34. The van der Waals surface area contributed by atoms with Crippen LogP contribution in [0.4, 0.5) is 0 Å². The Labute approximate surface area is 73.1 Å². The van der Waals surface area contributed by atoms with Crippen molar-refractivity contribution in [3.8, 4) is 0 Å². The van der Waals surface area contributed by atoms with Crippen LogP contribution in [0.3, 0.4) is 0 Å². The highest BCUT2D eigenvalue weighted by Crippen LogP contribution is 2.11. The van der Waals surface area contributed by atoms with E-state index in [-0.39, 0.29) is 8.31 Å². The first kappa shape index (κ1) is 9.44. The van der Waals surface area contributed by atoms with Gasteiger partial charge in [0, 0.05) is 8.31 Å². The Morgan fingerprint density at radius 1 is 1.82 bits per heavy atom. The molecule has 0 radical (unpaired) electrons. The minimum absolute atomic E-state index is 0.298. The van der Waals surface area contributed by atoms with Crippen LogP contribution in [0.1, 0.15) is 6.92 Å². The van der Waals surface area contributed by atoms with Crippen molar-refractivity contribution in [2.24, 2.45) is 0 Å². The van der Waals surface area contributed by atoms with Crippen LogP contribution in [0.2, 0.25) is 12.6 Å². The Morgan fingerprint density at radius 2 is 2.45 bits per heavy atom. The van der Waals surface area contributed by atoms with Gasteiger partial charge < -0.3 is 9.47 Å². The van der Waals surface area contributed by atoms with Crippen molar-refractivity contribution in [1.29, 1.82) is 0 Å². The predicted octanol–water partition coefficient (Wildman–Crippen LogP) is -0.491. The second-order valence-electron chi connectivity index (χ2n) is 3.73. The fourth-order valence-corrected chi connectivity index (χ4v) is 4.62. The summed E-state index contributed by atoms with van der Waals surface area (Å²) in [6.07, 6.45) is 0.918. The second kappa shape index (κ2) is 4.40. The number of hydrogen-bond acceptors (Lipinski definition) is 2. The molecule has 1 heterocycles. The molecule has 0 bridgehead atoms. The van der Waals surface area contributed by atoms with Gasteiger partial charge in [-0.2, -0.15) is 0 Å². The topological polar surface area (TPSA) is 21.8 Å². The molecule has 1 saturated heterocycles. The third-order valence-electron chi connectivity index (χ3n) is 1.77. The smallest absolute Gasteiger partial charge is 0.104 e. The lowest BCUT2D eigenvalue weighted by molar-refractivity contribution is 0.0661. The molecular formula is C7H18O2Si2. The molecule has 1 rings (SSSR count). The summed E-state index contributed by atoms with van der Waals surface area (Å²) in [4.78, 5) is 0. The first-order valence-corrected chi connectivity index (χ1v) is 11.0. The lowest BCUT2D eigenvalue weighted by Gasteiger charge is -2.13. The molecule has 0 aromatic carbocycles. The molecule has 1 fully saturated rings. The van der Waals surface area contributed by atoms with E-state index in [2.05, 4.69) is 13.5 Å². The molecule has 0 saturated carbocycles. The van der Waals surface area contributed by atoms with E-state index in [1.54, 1.807) is 0 Å². The van der Waals surface area contributed by atoms with Gasteiger partial charge in [-0.15, -0.1) is 0 Å². The third kappa shape index (κ3) is 4.73. The van der Waals surface area contributed by atoms with Crippen molar-refractivity contribution < 1.29 is 9.47 Å². The Kier molecular flexibility index (Phi) is 3.77. The Morgan fingerprint density at radius 3 is 2.91 bits per heavy atom. The fourth-order valence-electron chi connectivity index (χ4n) is 1.17. The summed E-state index contributed by atoms with van der Waals surface area (Å²) in [6, 6.07) is 1.35. The standard InChI is InChI=1S/C7H18O2Si2/c1-6(5-11(2)10)8-3-7-4-9-7/h6-7,11H,3-5H2,1-2,10H3. The predicted molar refractivity (Wildman–Crippen MR) is 52.9 cm³/mol. The second-order valence-corrected chi connectivity index (χ2v) is 12.9. The zero-order chi connectivity index (χ0) is 8.27. The molecule has 0 N–H and O–H groups in total. The van der Waals surface area contributed by atoms with Gasteiger partial charge in [0.1, 0.15) is 6.10 Å². The van der Waals surface area contributed by atoms with Crippen LogP contribution in [0.15, 0.2) is 0 Å². The van der Waals surface area contributed by atoms with Gasteiger partial charge in [-0.05, 0) is 22.7 Å². The van der Waals surface area contributed by atoms with Gasteiger partial charge in [-0.1, -0.05) is 6.55 Å². The first-order chi connectivity index (χ1) is 5.18. The fraction of sp³-hybridized carbons (Fsp3) is 1.00. The van der Waals surface area contributed by atoms with Crippen molar-refractivity contribution >= 4 is 18.1 Å². The molecule has 1 aliphatic heterocycles. The van der Waals surface area contributed by atoms with Crippen molar-refractivity contribution in [3.63, 3.8) is 0 Å². The minimum Gasteiger partial charge on any atom is -0.376 e. The zero-order valence-corrected chi connectivity index (χ0v) is 10.8. The lowest BCUT2D eigenvalue weighted by Crippen LogP contribution is -2.20. The highest BCUT2D eigenvalue weighted by atomic mass is 29.1. The minimum atomic E-state index is -0.298. The molecule has 0 aliphatic carbocycles. The molecule has 0 amide bonds. The number of epoxide rings is 1.